The summed E-state index contributed by atoms with van der Waals surface area (Å²) in [5.74, 6) is 0.367. The first kappa shape index (κ1) is 23.0. The molecule has 0 spiro atoms. The Hall–Kier alpha value is -2.64. The molecule has 0 fully saturated rings. The number of nitrogens with two attached hydrogens (primary N) is 1. The molecule has 1 aromatic heterocycles. The lowest BCUT2D eigenvalue weighted by molar-refractivity contribution is 0.554. The predicted molar refractivity (Wildman–Crippen MR) is 126 cm³/mol. The summed E-state index contributed by atoms with van der Waals surface area (Å²) in [6.07, 6.45) is 0.701. The first-order valence-corrected chi connectivity index (χ1v) is 11.9. The summed E-state index contributed by atoms with van der Waals surface area (Å²) in [5.41, 5.74) is 10.8. The lowest BCUT2D eigenvalue weighted by Crippen LogP contribution is -2.28. The van der Waals surface area contributed by atoms with Gasteiger partial charge in [0.2, 0.25) is 0 Å². The van der Waals surface area contributed by atoms with Crippen LogP contribution < -0.4 is 10.5 Å². The average Bonchev–Trinajstić information content (AvgIpc) is 2.94. The molecule has 166 valence electrons. The van der Waals surface area contributed by atoms with Gasteiger partial charge in [0, 0.05) is 12.6 Å². The number of anilines is 1. The van der Waals surface area contributed by atoms with E-state index < -0.39 is 15.6 Å². The van der Waals surface area contributed by atoms with E-state index in [4.69, 9.17) is 5.73 Å². The summed E-state index contributed by atoms with van der Waals surface area (Å²) in [5, 5.41) is 4.49. The molecule has 7 heteroatoms. The molecule has 3 N–H and O–H groups in total. The Morgan fingerprint density at radius 2 is 1.74 bits per heavy atom. The van der Waals surface area contributed by atoms with E-state index in [0.717, 1.165) is 28.1 Å². The van der Waals surface area contributed by atoms with Crippen LogP contribution in [-0.4, -0.2) is 18.2 Å². The van der Waals surface area contributed by atoms with Gasteiger partial charge in [0.05, 0.1) is 22.0 Å². The third kappa shape index (κ3) is 5.17. The first-order chi connectivity index (χ1) is 14.4. The molecule has 0 aliphatic carbocycles. The number of rotatable bonds is 7. The van der Waals surface area contributed by atoms with Gasteiger partial charge in [-0.2, -0.15) is 5.10 Å². The van der Waals surface area contributed by atoms with Crippen molar-refractivity contribution in [1.82, 2.24) is 9.78 Å². The van der Waals surface area contributed by atoms with Gasteiger partial charge in [-0.3, -0.25) is 9.40 Å². The van der Waals surface area contributed by atoms with Crippen molar-refractivity contribution in [2.45, 2.75) is 51.5 Å². The van der Waals surface area contributed by atoms with Crippen molar-refractivity contribution in [3.8, 4) is 11.1 Å². The second kappa shape index (κ2) is 8.48. The minimum absolute atomic E-state index is 0.213. The van der Waals surface area contributed by atoms with Crippen LogP contribution in [0, 0.1) is 12.8 Å². The lowest BCUT2D eigenvalue weighted by atomic mass is 9.92. The highest BCUT2D eigenvalue weighted by molar-refractivity contribution is 7.92. The summed E-state index contributed by atoms with van der Waals surface area (Å²) in [7, 11) is -1.91. The molecule has 1 heterocycles. The number of nitrogens with zero attached hydrogens (tertiary/aromatic N) is 2. The van der Waals surface area contributed by atoms with Gasteiger partial charge in [-0.05, 0) is 68.0 Å². The van der Waals surface area contributed by atoms with Gasteiger partial charge >= 0.3 is 0 Å². The Kier molecular flexibility index (Phi) is 6.30. The summed E-state index contributed by atoms with van der Waals surface area (Å²) in [6, 6.07) is 14.9. The molecule has 0 aliphatic rings. The van der Waals surface area contributed by atoms with E-state index in [1.807, 2.05) is 64.2 Å². The zero-order valence-electron chi connectivity index (χ0n) is 19.1. The fourth-order valence-corrected chi connectivity index (χ4v) is 4.60. The monoisotopic (exact) mass is 440 g/mol. The van der Waals surface area contributed by atoms with Crippen LogP contribution in [0.4, 0.5) is 5.69 Å². The molecule has 31 heavy (non-hydrogen) atoms. The predicted octanol–water partition coefficient (Wildman–Crippen LogP) is 4.59. The van der Waals surface area contributed by atoms with E-state index in [-0.39, 0.29) is 4.90 Å². The van der Waals surface area contributed by atoms with Crippen LogP contribution in [-0.2, 0) is 29.0 Å². The minimum Gasteiger partial charge on any atom is -0.322 e. The van der Waals surface area contributed by atoms with Gasteiger partial charge in [-0.25, -0.2) is 8.42 Å². The topological polar surface area (TPSA) is 90.0 Å². The van der Waals surface area contributed by atoms with Crippen LogP contribution >= 0.6 is 0 Å². The second-order valence-electron chi connectivity index (χ2n) is 9.06. The van der Waals surface area contributed by atoms with Gasteiger partial charge in [0.25, 0.3) is 10.0 Å². The molecule has 0 atom stereocenters. The molecule has 3 rings (SSSR count). The molecule has 0 bridgehead atoms. The Labute approximate surface area is 185 Å². The molecule has 0 unspecified atom stereocenters. The maximum Gasteiger partial charge on any atom is 0.262 e. The molecular formula is C24H32N4O2S. The van der Waals surface area contributed by atoms with E-state index >= 15 is 0 Å². The number of aromatic nitrogens is 2. The van der Waals surface area contributed by atoms with E-state index in [9.17, 15) is 8.42 Å². The van der Waals surface area contributed by atoms with Gasteiger partial charge in [-0.1, -0.05) is 44.2 Å². The zero-order chi connectivity index (χ0) is 23.0. The third-order valence-electron chi connectivity index (χ3n) is 5.35. The van der Waals surface area contributed by atoms with Gasteiger partial charge in [-0.15, -0.1) is 0 Å². The van der Waals surface area contributed by atoms with Crippen LogP contribution in [0.1, 0.15) is 44.6 Å². The molecular weight excluding hydrogens is 408 g/mol. The summed E-state index contributed by atoms with van der Waals surface area (Å²) in [4.78, 5) is 0.213. The number of hydrogen-bond acceptors (Lipinski definition) is 4. The maximum absolute atomic E-state index is 13.1. The van der Waals surface area contributed by atoms with E-state index in [0.29, 0.717) is 18.0 Å². The fourth-order valence-electron chi connectivity index (χ4n) is 3.46. The van der Waals surface area contributed by atoms with Crippen LogP contribution in [0.3, 0.4) is 0 Å². The maximum atomic E-state index is 13.1. The van der Waals surface area contributed by atoms with Crippen LogP contribution in [0.25, 0.3) is 11.1 Å². The van der Waals surface area contributed by atoms with Crippen LogP contribution in [0.5, 0.6) is 0 Å². The van der Waals surface area contributed by atoms with Crippen molar-refractivity contribution < 1.29 is 8.42 Å². The molecule has 0 amide bonds. The van der Waals surface area contributed by atoms with E-state index in [1.165, 1.54) is 0 Å². The van der Waals surface area contributed by atoms with Crippen molar-refractivity contribution in [3.05, 3.63) is 65.5 Å². The summed E-state index contributed by atoms with van der Waals surface area (Å²) in [6.45, 7) is 9.95. The highest BCUT2D eigenvalue weighted by atomic mass is 32.2. The SMILES string of the molecule is Cc1c(NS(=O)(=O)c2ccc(-c3cccc(C(C)(C)N)c3)cc2)c(CC(C)C)nn1C. The third-order valence-corrected chi connectivity index (χ3v) is 6.71. The second-order valence-corrected chi connectivity index (χ2v) is 10.7. The molecule has 2 aromatic carbocycles. The molecule has 0 saturated carbocycles. The van der Waals surface area contributed by atoms with Crippen LogP contribution in [0.15, 0.2) is 53.4 Å². The molecule has 0 radical (unpaired) electrons. The highest BCUT2D eigenvalue weighted by Gasteiger charge is 2.21. The van der Waals surface area contributed by atoms with Crippen molar-refractivity contribution in [2.24, 2.45) is 18.7 Å². The lowest BCUT2D eigenvalue weighted by Gasteiger charge is -2.20. The van der Waals surface area contributed by atoms with E-state index in [2.05, 4.69) is 23.7 Å². The Balaban J connectivity index is 1.90. The normalized spacial score (nSPS) is 12.4. The standard InChI is InChI=1S/C24H32N4O2S/c1-16(2)14-22-23(17(3)28(6)26-22)27-31(29,30)21-12-10-18(11-13-21)19-8-7-9-20(15-19)24(4,5)25/h7-13,15-16,27H,14,25H2,1-6H3. The smallest absolute Gasteiger partial charge is 0.262 e. The summed E-state index contributed by atoms with van der Waals surface area (Å²) < 4.78 is 30.6. The molecule has 0 aliphatic heterocycles. The molecule has 6 nitrogen and oxygen atoms in total. The number of sulfonamides is 1. The highest BCUT2D eigenvalue weighted by Crippen LogP contribution is 2.28. The Morgan fingerprint density at radius 3 is 2.32 bits per heavy atom. The van der Waals surface area contributed by atoms with Gasteiger partial charge in [0.1, 0.15) is 0 Å². The molecule has 3 aromatic rings. The van der Waals surface area contributed by atoms with E-state index in [1.54, 1.807) is 16.8 Å². The molecule has 0 saturated heterocycles. The zero-order valence-corrected chi connectivity index (χ0v) is 19.9. The fraction of sp³-hybridized carbons (Fsp3) is 0.375. The van der Waals surface area contributed by atoms with Crippen molar-refractivity contribution in [2.75, 3.05) is 4.72 Å². The largest absolute Gasteiger partial charge is 0.322 e. The number of benzene rings is 2. The van der Waals surface area contributed by atoms with Gasteiger partial charge < -0.3 is 5.73 Å². The average molecular weight is 441 g/mol. The Bertz CT molecular complexity index is 1170. The first-order valence-electron chi connectivity index (χ1n) is 10.4. The number of nitrogens with one attached hydrogen (secondary N) is 1. The van der Waals surface area contributed by atoms with Crippen molar-refractivity contribution >= 4 is 15.7 Å². The quantitative estimate of drug-likeness (QED) is 0.562. The number of hydrogen-bond donors (Lipinski definition) is 2. The van der Waals surface area contributed by atoms with Crippen molar-refractivity contribution in [1.29, 1.82) is 0 Å². The summed E-state index contributed by atoms with van der Waals surface area (Å²) >= 11 is 0. The van der Waals surface area contributed by atoms with Gasteiger partial charge in [0.15, 0.2) is 0 Å². The minimum atomic E-state index is -3.73. The van der Waals surface area contributed by atoms with Crippen molar-refractivity contribution in [3.63, 3.8) is 0 Å². The Morgan fingerprint density at radius 1 is 1.10 bits per heavy atom. The van der Waals surface area contributed by atoms with Crippen LogP contribution in [0.2, 0.25) is 0 Å². The number of aryl methyl sites for hydroxylation is 1.